The van der Waals surface area contributed by atoms with Gasteiger partial charge in [0.2, 0.25) is 0 Å². The van der Waals surface area contributed by atoms with Crippen molar-refractivity contribution in [2.45, 2.75) is 25.8 Å². The summed E-state index contributed by atoms with van der Waals surface area (Å²) >= 11 is 3.27. The lowest BCUT2D eigenvalue weighted by Gasteiger charge is -2.30. The fraction of sp³-hybridized carbons (Fsp3) is 0.462. The number of carbonyl (C=O) groups is 1. The van der Waals surface area contributed by atoms with Gasteiger partial charge in [-0.25, -0.2) is 4.39 Å². The van der Waals surface area contributed by atoms with E-state index in [4.69, 9.17) is 5.73 Å². The third-order valence-corrected chi connectivity index (χ3v) is 4.10. The zero-order chi connectivity index (χ0) is 13.3. The third kappa shape index (κ3) is 2.72. The Labute approximate surface area is 114 Å². The second-order valence-electron chi connectivity index (χ2n) is 4.72. The molecule has 3 nitrogen and oxygen atoms in total. The van der Waals surface area contributed by atoms with Crippen LogP contribution in [0.5, 0.6) is 0 Å². The average Bonchev–Trinajstić information content (AvgIpc) is 2.34. The molecule has 1 atom stereocenters. The topological polar surface area (TPSA) is 46.3 Å². The van der Waals surface area contributed by atoms with Crippen LogP contribution in [0.2, 0.25) is 0 Å². The Morgan fingerprint density at radius 1 is 1.56 bits per heavy atom. The lowest BCUT2D eigenvalue weighted by atomic mass is 10.0. The first-order valence-electron chi connectivity index (χ1n) is 5.99. The minimum absolute atomic E-state index is 0.0291. The van der Waals surface area contributed by atoms with Gasteiger partial charge in [0.25, 0.3) is 5.91 Å². The van der Waals surface area contributed by atoms with Crippen LogP contribution in [0.15, 0.2) is 16.6 Å². The second-order valence-corrected chi connectivity index (χ2v) is 5.57. The Morgan fingerprint density at radius 3 is 2.89 bits per heavy atom. The summed E-state index contributed by atoms with van der Waals surface area (Å²) in [7, 11) is 0. The predicted molar refractivity (Wildman–Crippen MR) is 71.9 cm³/mol. The smallest absolute Gasteiger partial charge is 0.254 e. The fourth-order valence-corrected chi connectivity index (χ4v) is 2.58. The van der Waals surface area contributed by atoms with Crippen LogP contribution in [0.1, 0.15) is 28.8 Å². The highest BCUT2D eigenvalue weighted by atomic mass is 79.9. The van der Waals surface area contributed by atoms with Gasteiger partial charge in [-0.15, -0.1) is 0 Å². The lowest BCUT2D eigenvalue weighted by molar-refractivity contribution is 0.0708. The predicted octanol–water partition coefficient (Wildman–Crippen LogP) is 2.46. The van der Waals surface area contributed by atoms with Crippen molar-refractivity contribution in [3.63, 3.8) is 0 Å². The molecule has 1 fully saturated rings. The summed E-state index contributed by atoms with van der Waals surface area (Å²) in [5, 5.41) is 0. The van der Waals surface area contributed by atoms with Crippen molar-refractivity contribution in [3.8, 4) is 0 Å². The first-order chi connectivity index (χ1) is 8.49. The van der Waals surface area contributed by atoms with Crippen molar-refractivity contribution in [2.75, 3.05) is 13.1 Å². The van der Waals surface area contributed by atoms with E-state index >= 15 is 0 Å². The van der Waals surface area contributed by atoms with Crippen molar-refractivity contribution in [3.05, 3.63) is 33.5 Å². The number of piperidine rings is 1. The van der Waals surface area contributed by atoms with Crippen molar-refractivity contribution >= 4 is 21.8 Å². The Bertz CT molecular complexity index is 455. The zero-order valence-corrected chi connectivity index (χ0v) is 11.8. The first-order valence-corrected chi connectivity index (χ1v) is 6.79. The van der Waals surface area contributed by atoms with Crippen LogP contribution in [0.4, 0.5) is 4.39 Å². The summed E-state index contributed by atoms with van der Waals surface area (Å²) in [6.45, 7) is 2.91. The molecule has 5 heteroatoms. The molecule has 0 bridgehead atoms. The number of carbonyl (C=O) groups excluding carboxylic acids is 1. The Balaban J connectivity index is 2.23. The minimum atomic E-state index is -0.367. The van der Waals surface area contributed by atoms with E-state index in [9.17, 15) is 9.18 Å². The van der Waals surface area contributed by atoms with Gasteiger partial charge in [0.1, 0.15) is 5.82 Å². The normalized spacial score (nSPS) is 20.0. The number of hydrogen-bond donors (Lipinski definition) is 1. The summed E-state index contributed by atoms with van der Waals surface area (Å²) < 4.78 is 14.2. The SMILES string of the molecule is Cc1c(F)cc(C(=O)N2CCCC(N)C2)cc1Br. The van der Waals surface area contributed by atoms with E-state index in [-0.39, 0.29) is 17.8 Å². The highest BCUT2D eigenvalue weighted by molar-refractivity contribution is 9.10. The van der Waals surface area contributed by atoms with Crippen LogP contribution in [0, 0.1) is 12.7 Å². The maximum atomic E-state index is 13.6. The van der Waals surface area contributed by atoms with E-state index in [0.29, 0.717) is 28.7 Å². The summed E-state index contributed by atoms with van der Waals surface area (Å²) in [5.41, 5.74) is 6.74. The molecule has 0 spiro atoms. The average molecular weight is 315 g/mol. The molecular formula is C13H16BrFN2O. The second kappa shape index (κ2) is 5.36. The van der Waals surface area contributed by atoms with E-state index in [1.807, 2.05) is 0 Å². The van der Waals surface area contributed by atoms with Gasteiger partial charge in [0, 0.05) is 29.2 Å². The molecule has 1 aliphatic heterocycles. The van der Waals surface area contributed by atoms with Crippen LogP contribution in [0.3, 0.4) is 0 Å². The van der Waals surface area contributed by atoms with Gasteiger partial charge in [0.05, 0.1) is 0 Å². The largest absolute Gasteiger partial charge is 0.337 e. The molecule has 0 radical (unpaired) electrons. The quantitative estimate of drug-likeness (QED) is 0.865. The van der Waals surface area contributed by atoms with E-state index < -0.39 is 0 Å². The Kier molecular flexibility index (Phi) is 4.02. The van der Waals surface area contributed by atoms with Gasteiger partial charge >= 0.3 is 0 Å². The molecular weight excluding hydrogens is 299 g/mol. The van der Waals surface area contributed by atoms with E-state index in [0.717, 1.165) is 12.8 Å². The van der Waals surface area contributed by atoms with Crippen molar-refractivity contribution < 1.29 is 9.18 Å². The molecule has 1 saturated heterocycles. The van der Waals surface area contributed by atoms with E-state index in [1.54, 1.807) is 17.9 Å². The number of nitrogens with two attached hydrogens (primary N) is 1. The van der Waals surface area contributed by atoms with Crippen LogP contribution in [-0.4, -0.2) is 29.9 Å². The van der Waals surface area contributed by atoms with E-state index in [2.05, 4.69) is 15.9 Å². The standard InChI is InChI=1S/C13H16BrFN2O/c1-8-11(14)5-9(6-12(8)15)13(18)17-4-2-3-10(16)7-17/h5-6,10H,2-4,7,16H2,1H3. The highest BCUT2D eigenvalue weighted by Gasteiger charge is 2.23. The van der Waals surface area contributed by atoms with Crippen LogP contribution in [-0.2, 0) is 0 Å². The maximum Gasteiger partial charge on any atom is 0.254 e. The number of likely N-dealkylation sites (tertiary alicyclic amines) is 1. The van der Waals surface area contributed by atoms with Crippen molar-refractivity contribution in [1.29, 1.82) is 0 Å². The molecule has 1 amide bonds. The summed E-state index contributed by atoms with van der Waals surface area (Å²) in [5.74, 6) is -0.515. The number of nitrogens with zero attached hydrogens (tertiary/aromatic N) is 1. The van der Waals surface area contributed by atoms with Gasteiger partial charge in [-0.1, -0.05) is 15.9 Å². The molecule has 2 N–H and O–H groups in total. The number of halogens is 2. The molecule has 18 heavy (non-hydrogen) atoms. The maximum absolute atomic E-state index is 13.6. The van der Waals surface area contributed by atoms with Gasteiger partial charge in [-0.2, -0.15) is 0 Å². The monoisotopic (exact) mass is 314 g/mol. The minimum Gasteiger partial charge on any atom is -0.337 e. The van der Waals surface area contributed by atoms with Crippen molar-refractivity contribution in [1.82, 2.24) is 4.90 Å². The number of hydrogen-bond acceptors (Lipinski definition) is 2. The molecule has 0 saturated carbocycles. The molecule has 1 aliphatic rings. The zero-order valence-electron chi connectivity index (χ0n) is 10.2. The highest BCUT2D eigenvalue weighted by Crippen LogP contribution is 2.22. The molecule has 2 rings (SSSR count). The van der Waals surface area contributed by atoms with Crippen LogP contribution in [0.25, 0.3) is 0 Å². The molecule has 0 aliphatic carbocycles. The summed E-state index contributed by atoms with van der Waals surface area (Å²) in [6.07, 6.45) is 1.85. The number of benzene rings is 1. The molecule has 0 aromatic heterocycles. The van der Waals surface area contributed by atoms with Gasteiger partial charge in [0.15, 0.2) is 0 Å². The molecule has 1 unspecified atom stereocenters. The van der Waals surface area contributed by atoms with Crippen molar-refractivity contribution in [2.24, 2.45) is 5.73 Å². The summed E-state index contributed by atoms with van der Waals surface area (Å²) in [6, 6.07) is 2.99. The Hall–Kier alpha value is -0.940. The first kappa shape index (κ1) is 13.5. The van der Waals surface area contributed by atoms with Crippen LogP contribution >= 0.6 is 15.9 Å². The fourth-order valence-electron chi connectivity index (χ4n) is 2.15. The van der Waals surface area contributed by atoms with Gasteiger partial charge < -0.3 is 10.6 Å². The van der Waals surface area contributed by atoms with Crippen LogP contribution < -0.4 is 5.73 Å². The van der Waals surface area contributed by atoms with Gasteiger partial charge in [-0.3, -0.25) is 4.79 Å². The summed E-state index contributed by atoms with van der Waals surface area (Å²) in [4.78, 5) is 13.9. The number of rotatable bonds is 1. The lowest BCUT2D eigenvalue weighted by Crippen LogP contribution is -2.45. The Morgan fingerprint density at radius 2 is 2.28 bits per heavy atom. The third-order valence-electron chi connectivity index (χ3n) is 3.27. The van der Waals surface area contributed by atoms with Gasteiger partial charge in [-0.05, 0) is 37.5 Å². The molecule has 1 aromatic carbocycles. The molecule has 98 valence electrons. The number of amides is 1. The molecule has 1 aromatic rings. The van der Waals surface area contributed by atoms with E-state index in [1.165, 1.54) is 6.07 Å². The molecule has 1 heterocycles.